The van der Waals surface area contributed by atoms with Gasteiger partial charge in [0, 0.05) is 28.2 Å². The fourth-order valence-corrected chi connectivity index (χ4v) is 6.36. The Bertz CT molecular complexity index is 1610. The summed E-state index contributed by atoms with van der Waals surface area (Å²) in [4.78, 5) is 29.1. The molecule has 0 fully saturated rings. The molecule has 1 N–H and O–H groups in total. The van der Waals surface area contributed by atoms with Gasteiger partial charge in [-0.05, 0) is 75.2 Å². The fourth-order valence-electron chi connectivity index (χ4n) is 4.63. The topological polar surface area (TPSA) is 114 Å². The van der Waals surface area contributed by atoms with E-state index < -0.39 is 34.1 Å². The van der Waals surface area contributed by atoms with Crippen LogP contribution in [0.3, 0.4) is 0 Å². The number of carbonyl (C=O) groups is 2. The molecule has 0 saturated heterocycles. The standard InChI is InChI=1S/C32H39Cl2N3O7S/c1-8-25(31(39)35-32(2,3)4)36(19-21-9-11-22(33)12-10-21)30(38)20-37(26-17-23(34)13-15-27(26)42-5)45(40,41)24-14-16-28(43-6)29(18-24)44-7/h9-18,25H,8,19-20H2,1-7H3,(H,35,39)/t25-/m0/s1. The van der Waals surface area contributed by atoms with E-state index in [-0.39, 0.29) is 46.0 Å². The number of amides is 2. The van der Waals surface area contributed by atoms with E-state index >= 15 is 0 Å². The third kappa shape index (κ3) is 8.96. The normalized spacial score (nSPS) is 12.2. The zero-order chi connectivity index (χ0) is 33.5. The lowest BCUT2D eigenvalue weighted by atomic mass is 10.1. The van der Waals surface area contributed by atoms with Crippen LogP contribution in [0.2, 0.25) is 10.0 Å². The maximum atomic E-state index is 14.4. The molecule has 0 heterocycles. The van der Waals surface area contributed by atoms with Crippen molar-refractivity contribution in [3.63, 3.8) is 0 Å². The molecule has 2 amide bonds. The monoisotopic (exact) mass is 679 g/mol. The van der Waals surface area contributed by atoms with Crippen molar-refractivity contribution in [2.24, 2.45) is 0 Å². The van der Waals surface area contributed by atoms with Gasteiger partial charge in [0.25, 0.3) is 10.0 Å². The van der Waals surface area contributed by atoms with Gasteiger partial charge in [-0.15, -0.1) is 0 Å². The molecule has 10 nitrogen and oxygen atoms in total. The van der Waals surface area contributed by atoms with Crippen molar-refractivity contribution in [1.29, 1.82) is 0 Å². The minimum Gasteiger partial charge on any atom is -0.495 e. The number of anilines is 1. The summed E-state index contributed by atoms with van der Waals surface area (Å²) < 4.78 is 45.8. The Balaban J connectivity index is 2.18. The quantitative estimate of drug-likeness (QED) is 0.238. The number of rotatable bonds is 13. The van der Waals surface area contributed by atoms with Gasteiger partial charge < -0.3 is 24.4 Å². The Hall–Kier alpha value is -3.67. The number of benzene rings is 3. The molecule has 45 heavy (non-hydrogen) atoms. The van der Waals surface area contributed by atoms with Gasteiger partial charge in [-0.2, -0.15) is 0 Å². The van der Waals surface area contributed by atoms with Gasteiger partial charge in [-0.25, -0.2) is 8.42 Å². The number of nitrogens with one attached hydrogen (secondary N) is 1. The highest BCUT2D eigenvalue weighted by molar-refractivity contribution is 7.92. The van der Waals surface area contributed by atoms with Crippen molar-refractivity contribution >= 4 is 50.7 Å². The first-order valence-corrected chi connectivity index (χ1v) is 16.3. The van der Waals surface area contributed by atoms with E-state index in [1.165, 1.54) is 56.6 Å². The van der Waals surface area contributed by atoms with Crippen LogP contribution in [0.15, 0.2) is 65.6 Å². The number of hydrogen-bond acceptors (Lipinski definition) is 7. The van der Waals surface area contributed by atoms with Gasteiger partial charge >= 0.3 is 0 Å². The molecular weight excluding hydrogens is 641 g/mol. The molecule has 244 valence electrons. The Morgan fingerprint density at radius 2 is 1.42 bits per heavy atom. The molecule has 13 heteroatoms. The van der Waals surface area contributed by atoms with Crippen molar-refractivity contribution in [2.45, 2.75) is 57.1 Å². The number of ether oxygens (including phenoxy) is 3. The highest BCUT2D eigenvalue weighted by Crippen LogP contribution is 2.37. The van der Waals surface area contributed by atoms with Crippen molar-refractivity contribution in [2.75, 3.05) is 32.2 Å². The van der Waals surface area contributed by atoms with Gasteiger partial charge in [0.05, 0.1) is 31.9 Å². The maximum absolute atomic E-state index is 14.4. The zero-order valence-corrected chi connectivity index (χ0v) is 28.7. The number of sulfonamides is 1. The summed E-state index contributed by atoms with van der Waals surface area (Å²) in [6.45, 7) is 6.64. The Morgan fingerprint density at radius 1 is 0.844 bits per heavy atom. The van der Waals surface area contributed by atoms with Gasteiger partial charge in [0.2, 0.25) is 11.8 Å². The molecular formula is C32H39Cl2N3O7S. The number of hydrogen-bond donors (Lipinski definition) is 1. The minimum atomic E-state index is -4.46. The molecule has 0 bridgehead atoms. The lowest BCUT2D eigenvalue weighted by Gasteiger charge is -2.35. The molecule has 0 unspecified atom stereocenters. The molecule has 0 spiro atoms. The van der Waals surface area contributed by atoms with Crippen LogP contribution in [-0.4, -0.2) is 64.6 Å². The van der Waals surface area contributed by atoms with Crippen LogP contribution in [0, 0.1) is 0 Å². The van der Waals surface area contributed by atoms with Crippen molar-refractivity contribution in [3.05, 3.63) is 76.3 Å². The van der Waals surface area contributed by atoms with Gasteiger partial charge in [0.1, 0.15) is 18.3 Å². The van der Waals surface area contributed by atoms with Gasteiger partial charge in [-0.1, -0.05) is 42.3 Å². The number of halogens is 2. The smallest absolute Gasteiger partial charge is 0.265 e. The molecule has 0 aliphatic heterocycles. The Morgan fingerprint density at radius 3 is 1.98 bits per heavy atom. The Labute approximate surface area is 275 Å². The van der Waals surface area contributed by atoms with E-state index in [0.717, 1.165) is 4.31 Å². The molecule has 0 aromatic heterocycles. The van der Waals surface area contributed by atoms with Gasteiger partial charge in [0.15, 0.2) is 11.5 Å². The van der Waals surface area contributed by atoms with E-state index in [1.807, 2.05) is 20.8 Å². The summed E-state index contributed by atoms with van der Waals surface area (Å²) in [6.07, 6.45) is 0.268. The van der Waals surface area contributed by atoms with Crippen LogP contribution in [0.25, 0.3) is 0 Å². The number of carbonyl (C=O) groups excluding carboxylic acids is 2. The second-order valence-corrected chi connectivity index (χ2v) is 13.9. The highest BCUT2D eigenvalue weighted by atomic mass is 35.5. The fraction of sp³-hybridized carbons (Fsp3) is 0.375. The van der Waals surface area contributed by atoms with Crippen LogP contribution in [0.1, 0.15) is 39.7 Å². The van der Waals surface area contributed by atoms with Crippen LogP contribution in [-0.2, 0) is 26.2 Å². The molecule has 3 rings (SSSR count). The summed E-state index contributed by atoms with van der Waals surface area (Å²) in [5.41, 5.74) is 0.160. The molecule has 0 aliphatic rings. The van der Waals surface area contributed by atoms with E-state index in [4.69, 9.17) is 37.4 Å². The second-order valence-electron chi connectivity index (χ2n) is 11.2. The predicted octanol–water partition coefficient (Wildman–Crippen LogP) is 5.94. The lowest BCUT2D eigenvalue weighted by molar-refractivity contribution is -0.141. The molecule has 3 aromatic carbocycles. The largest absolute Gasteiger partial charge is 0.495 e. The first-order chi connectivity index (χ1) is 21.1. The van der Waals surface area contributed by atoms with Crippen molar-refractivity contribution < 1.29 is 32.2 Å². The second kappa shape index (κ2) is 15.1. The first kappa shape index (κ1) is 35.8. The van der Waals surface area contributed by atoms with Gasteiger partial charge in [-0.3, -0.25) is 13.9 Å². The molecule has 0 saturated carbocycles. The van der Waals surface area contributed by atoms with Crippen LogP contribution in [0.5, 0.6) is 17.2 Å². The molecule has 0 aliphatic carbocycles. The number of nitrogens with zero attached hydrogens (tertiary/aromatic N) is 2. The first-order valence-electron chi connectivity index (χ1n) is 14.1. The van der Waals surface area contributed by atoms with E-state index in [1.54, 1.807) is 37.3 Å². The predicted molar refractivity (Wildman–Crippen MR) is 176 cm³/mol. The molecule has 3 aromatic rings. The van der Waals surface area contributed by atoms with E-state index in [2.05, 4.69) is 5.32 Å². The average molecular weight is 681 g/mol. The van der Waals surface area contributed by atoms with Crippen molar-refractivity contribution in [1.82, 2.24) is 10.2 Å². The molecule has 1 atom stereocenters. The molecule has 0 radical (unpaired) electrons. The summed E-state index contributed by atoms with van der Waals surface area (Å²) in [6, 6.07) is 14.5. The summed E-state index contributed by atoms with van der Waals surface area (Å²) in [5, 5.41) is 3.67. The minimum absolute atomic E-state index is 0.0169. The van der Waals surface area contributed by atoms with Crippen LogP contribution >= 0.6 is 23.2 Å². The highest BCUT2D eigenvalue weighted by Gasteiger charge is 2.36. The average Bonchev–Trinajstić information content (AvgIpc) is 2.99. The number of methoxy groups -OCH3 is 3. The van der Waals surface area contributed by atoms with Crippen molar-refractivity contribution in [3.8, 4) is 17.2 Å². The maximum Gasteiger partial charge on any atom is 0.265 e. The Kier molecular flexibility index (Phi) is 12.0. The van der Waals surface area contributed by atoms with Crippen LogP contribution in [0.4, 0.5) is 5.69 Å². The van der Waals surface area contributed by atoms with Crippen LogP contribution < -0.4 is 23.8 Å². The van der Waals surface area contributed by atoms with E-state index in [9.17, 15) is 18.0 Å². The lowest BCUT2D eigenvalue weighted by Crippen LogP contribution is -2.55. The van der Waals surface area contributed by atoms with E-state index in [0.29, 0.717) is 16.3 Å². The zero-order valence-electron chi connectivity index (χ0n) is 26.4. The summed E-state index contributed by atoms with van der Waals surface area (Å²) in [5.74, 6) is -0.340. The summed E-state index contributed by atoms with van der Waals surface area (Å²) >= 11 is 12.4. The third-order valence-electron chi connectivity index (χ3n) is 6.78. The third-order valence-corrected chi connectivity index (χ3v) is 9.02. The SMILES string of the molecule is CC[C@@H](C(=O)NC(C)(C)C)N(Cc1ccc(Cl)cc1)C(=O)CN(c1cc(Cl)ccc1OC)S(=O)(=O)c1ccc(OC)c(OC)c1. The summed E-state index contributed by atoms with van der Waals surface area (Å²) in [7, 11) is -0.254.